The zero-order valence-electron chi connectivity index (χ0n) is 20.1. The maximum atomic E-state index is 11.2. The molecule has 0 saturated carbocycles. The first-order valence-corrected chi connectivity index (χ1v) is 10.8. The Labute approximate surface area is 178 Å². The molecule has 0 bridgehead atoms. The van der Waals surface area contributed by atoms with Gasteiger partial charge < -0.3 is 28.4 Å². The average molecular weight is 423 g/mol. The summed E-state index contributed by atoms with van der Waals surface area (Å²) in [6, 6.07) is 0. The van der Waals surface area contributed by atoms with Crippen LogP contribution in [0.15, 0.2) is 0 Å². The van der Waals surface area contributed by atoms with E-state index in [0.717, 1.165) is 19.4 Å². The lowest BCUT2D eigenvalue weighted by Gasteiger charge is -2.23. The van der Waals surface area contributed by atoms with Crippen LogP contribution >= 0.6 is 0 Å². The molecule has 7 heteroatoms. The Balaban J connectivity index is 0. The van der Waals surface area contributed by atoms with Crippen LogP contribution in [-0.2, 0) is 33.2 Å². The molecule has 0 N–H and O–H groups in total. The molecule has 176 valence electrons. The second-order valence-electron chi connectivity index (χ2n) is 7.80. The topological polar surface area (TPSA) is 72.5 Å². The second-order valence-corrected chi connectivity index (χ2v) is 7.80. The van der Waals surface area contributed by atoms with Crippen molar-refractivity contribution < 1.29 is 33.2 Å². The van der Waals surface area contributed by atoms with Crippen molar-refractivity contribution in [1.82, 2.24) is 0 Å². The summed E-state index contributed by atoms with van der Waals surface area (Å²) in [7, 11) is 0. The lowest BCUT2D eigenvalue weighted by Crippen LogP contribution is -2.32. The second kappa shape index (κ2) is 20.5. The van der Waals surface area contributed by atoms with Crippen LogP contribution in [0.4, 0.5) is 0 Å². The minimum atomic E-state index is -0.480. The zero-order valence-corrected chi connectivity index (χ0v) is 20.1. The van der Waals surface area contributed by atoms with Crippen molar-refractivity contribution in [2.75, 3.05) is 52.9 Å². The summed E-state index contributed by atoms with van der Waals surface area (Å²) in [6.07, 6.45) is 1.69. The van der Waals surface area contributed by atoms with Crippen molar-refractivity contribution in [3.8, 4) is 0 Å². The smallest absolute Gasteiger partial charge is 0.334 e. The molecule has 0 saturated heterocycles. The number of rotatable bonds is 16. The van der Waals surface area contributed by atoms with Gasteiger partial charge in [-0.15, -0.1) is 0 Å². The molecule has 7 nitrogen and oxygen atoms in total. The van der Waals surface area contributed by atoms with Crippen LogP contribution in [0, 0.1) is 0 Å². The molecular formula is C22H46O7. The average Bonchev–Trinajstić information content (AvgIpc) is 2.63. The van der Waals surface area contributed by atoms with Crippen LogP contribution < -0.4 is 0 Å². The molecule has 0 aliphatic rings. The van der Waals surface area contributed by atoms with Gasteiger partial charge in [0, 0.05) is 6.61 Å². The summed E-state index contributed by atoms with van der Waals surface area (Å²) in [6.45, 7) is 20.7. The number of hydrogen-bond donors (Lipinski definition) is 0. The minimum absolute atomic E-state index is 0.274. The zero-order chi connectivity index (χ0) is 22.5. The standard InChI is InChI=1S/C12H26O4.C10H20O3/c1-4-5-13-6-7-14-8-9-15-10-11-16-12(2)3;1-6-7-12-9(11)8(2)13-10(3,4)5/h12H,4-11H2,1-3H3;8H,6-7H2,1-5H3/t;8-/m.0/s1. The Kier molecular flexibility index (Phi) is 21.6. The van der Waals surface area contributed by atoms with Crippen LogP contribution in [0.25, 0.3) is 0 Å². The summed E-state index contributed by atoms with van der Waals surface area (Å²) in [5.41, 5.74) is -0.301. The van der Waals surface area contributed by atoms with Gasteiger partial charge in [-0.2, -0.15) is 0 Å². The third-order valence-electron chi connectivity index (χ3n) is 3.08. The Hall–Kier alpha value is -0.730. The van der Waals surface area contributed by atoms with Gasteiger partial charge in [-0.1, -0.05) is 13.8 Å². The lowest BCUT2D eigenvalue weighted by atomic mass is 10.2. The maximum absolute atomic E-state index is 11.2. The van der Waals surface area contributed by atoms with Gasteiger partial charge >= 0.3 is 5.97 Å². The molecule has 0 heterocycles. The van der Waals surface area contributed by atoms with Gasteiger partial charge in [0.15, 0.2) is 6.10 Å². The molecule has 0 aromatic carbocycles. The van der Waals surface area contributed by atoms with Crippen molar-refractivity contribution in [2.24, 2.45) is 0 Å². The molecule has 0 aromatic heterocycles. The van der Waals surface area contributed by atoms with E-state index in [-0.39, 0.29) is 17.7 Å². The van der Waals surface area contributed by atoms with E-state index in [1.807, 2.05) is 41.5 Å². The molecule has 0 amide bonds. The molecule has 1 atom stereocenters. The summed E-state index contributed by atoms with van der Waals surface area (Å²) in [5, 5.41) is 0. The largest absolute Gasteiger partial charge is 0.464 e. The normalized spacial score (nSPS) is 12.4. The van der Waals surface area contributed by atoms with Gasteiger partial charge in [-0.3, -0.25) is 0 Å². The predicted octanol–water partition coefficient (Wildman–Crippen LogP) is 4.01. The highest BCUT2D eigenvalue weighted by atomic mass is 16.6. The highest BCUT2D eigenvalue weighted by Crippen LogP contribution is 2.11. The third kappa shape index (κ3) is 27.3. The molecule has 0 aliphatic carbocycles. The number of carbonyl (C=O) groups is 1. The predicted molar refractivity (Wildman–Crippen MR) is 115 cm³/mol. The van der Waals surface area contributed by atoms with E-state index in [1.54, 1.807) is 6.92 Å². The fourth-order valence-electron chi connectivity index (χ4n) is 1.93. The molecule has 0 unspecified atom stereocenters. The van der Waals surface area contributed by atoms with E-state index >= 15 is 0 Å². The van der Waals surface area contributed by atoms with Crippen molar-refractivity contribution >= 4 is 5.97 Å². The highest BCUT2D eigenvalue weighted by molar-refractivity contribution is 5.74. The van der Waals surface area contributed by atoms with E-state index in [2.05, 4.69) is 6.92 Å². The lowest BCUT2D eigenvalue weighted by molar-refractivity contribution is -0.164. The van der Waals surface area contributed by atoms with Gasteiger partial charge in [-0.25, -0.2) is 4.79 Å². The van der Waals surface area contributed by atoms with Crippen molar-refractivity contribution in [2.45, 2.75) is 86.0 Å². The number of esters is 1. The van der Waals surface area contributed by atoms with Crippen molar-refractivity contribution in [3.63, 3.8) is 0 Å². The Morgan fingerprint density at radius 1 is 0.724 bits per heavy atom. The molecule has 29 heavy (non-hydrogen) atoms. The SMILES string of the molecule is CCCOC(=O)[C@H](C)OC(C)(C)C.CCCOCCOCCOCCOC(C)C. The molecule has 0 rings (SSSR count). The van der Waals surface area contributed by atoms with E-state index in [9.17, 15) is 4.79 Å². The molecule has 0 spiro atoms. The van der Waals surface area contributed by atoms with Crippen molar-refractivity contribution in [1.29, 1.82) is 0 Å². The first-order valence-electron chi connectivity index (χ1n) is 10.8. The van der Waals surface area contributed by atoms with Crippen LogP contribution in [0.1, 0.15) is 68.2 Å². The maximum Gasteiger partial charge on any atom is 0.334 e. The summed E-state index contributed by atoms with van der Waals surface area (Å²) < 4.78 is 31.6. The summed E-state index contributed by atoms with van der Waals surface area (Å²) in [4.78, 5) is 11.2. The molecule has 0 radical (unpaired) electrons. The Morgan fingerprint density at radius 2 is 1.17 bits per heavy atom. The fraction of sp³-hybridized carbons (Fsp3) is 0.955. The van der Waals surface area contributed by atoms with E-state index in [0.29, 0.717) is 46.2 Å². The minimum Gasteiger partial charge on any atom is -0.464 e. The Bertz CT molecular complexity index is 354. The van der Waals surface area contributed by atoms with Crippen LogP contribution in [0.5, 0.6) is 0 Å². The number of ether oxygens (including phenoxy) is 6. The van der Waals surface area contributed by atoms with Gasteiger partial charge in [-0.05, 0) is 54.4 Å². The van der Waals surface area contributed by atoms with Crippen LogP contribution in [-0.4, -0.2) is 76.6 Å². The van der Waals surface area contributed by atoms with E-state index in [1.165, 1.54) is 0 Å². The third-order valence-corrected chi connectivity index (χ3v) is 3.08. The fourth-order valence-corrected chi connectivity index (χ4v) is 1.93. The van der Waals surface area contributed by atoms with Crippen molar-refractivity contribution in [3.05, 3.63) is 0 Å². The highest BCUT2D eigenvalue weighted by Gasteiger charge is 2.21. The quantitative estimate of drug-likeness (QED) is 0.275. The van der Waals surface area contributed by atoms with Gasteiger partial charge in [0.1, 0.15) is 0 Å². The molecule has 0 aromatic rings. The number of hydrogen-bond acceptors (Lipinski definition) is 7. The molecule has 0 aliphatic heterocycles. The Morgan fingerprint density at radius 3 is 1.59 bits per heavy atom. The summed E-state index contributed by atoms with van der Waals surface area (Å²) in [5.74, 6) is -0.281. The first kappa shape index (κ1) is 30.5. The van der Waals surface area contributed by atoms with Gasteiger partial charge in [0.25, 0.3) is 0 Å². The molecular weight excluding hydrogens is 376 g/mol. The van der Waals surface area contributed by atoms with E-state index in [4.69, 9.17) is 28.4 Å². The van der Waals surface area contributed by atoms with E-state index < -0.39 is 6.10 Å². The van der Waals surface area contributed by atoms with Gasteiger partial charge in [0.2, 0.25) is 0 Å². The van der Waals surface area contributed by atoms with Crippen LogP contribution in [0.2, 0.25) is 0 Å². The van der Waals surface area contributed by atoms with Gasteiger partial charge in [0.05, 0.1) is 58.0 Å². The monoisotopic (exact) mass is 422 g/mol. The molecule has 0 fully saturated rings. The summed E-state index contributed by atoms with van der Waals surface area (Å²) >= 11 is 0. The van der Waals surface area contributed by atoms with Crippen LogP contribution in [0.3, 0.4) is 0 Å². The number of carbonyl (C=O) groups excluding carboxylic acids is 1. The first-order chi connectivity index (χ1) is 13.6.